The lowest BCUT2D eigenvalue weighted by Gasteiger charge is -2.03. The number of nitrogens with zero attached hydrogens (tertiary/aromatic N) is 2. The van der Waals surface area contributed by atoms with Crippen LogP contribution in [-0.2, 0) is 6.54 Å². The van der Waals surface area contributed by atoms with Crippen LogP contribution in [0.15, 0.2) is 0 Å². The average molecular weight is 284 g/mol. The first-order valence-corrected chi connectivity index (χ1v) is 8.39. The van der Waals surface area contributed by atoms with E-state index in [9.17, 15) is 0 Å². The predicted molar refractivity (Wildman–Crippen MR) is 82.2 cm³/mol. The van der Waals surface area contributed by atoms with Crippen LogP contribution in [0.3, 0.4) is 0 Å². The lowest BCUT2D eigenvalue weighted by Crippen LogP contribution is -2.01. The fourth-order valence-electron chi connectivity index (χ4n) is 2.23. The van der Waals surface area contributed by atoms with Gasteiger partial charge in [0.25, 0.3) is 0 Å². The molecule has 5 heteroatoms. The minimum absolute atomic E-state index is 0.310. The van der Waals surface area contributed by atoms with Crippen LogP contribution in [0.4, 0.5) is 5.95 Å². The second kappa shape index (κ2) is 10.0. The summed E-state index contributed by atoms with van der Waals surface area (Å²) in [4.78, 5) is 4.21. The fraction of sp³-hybridized carbons (Fsp3) is 0.857. The molecule has 0 aliphatic carbocycles. The Balaban J connectivity index is 1.91. The van der Waals surface area contributed by atoms with Crippen molar-refractivity contribution in [2.75, 3.05) is 5.73 Å². The molecular weight excluding hydrogens is 256 g/mol. The van der Waals surface area contributed by atoms with Crippen molar-refractivity contribution in [2.24, 2.45) is 0 Å². The van der Waals surface area contributed by atoms with E-state index in [1.165, 1.54) is 69.3 Å². The molecule has 1 aromatic rings. The molecule has 0 aliphatic heterocycles. The van der Waals surface area contributed by atoms with Crippen molar-refractivity contribution in [3.05, 3.63) is 4.80 Å². The van der Waals surface area contributed by atoms with E-state index in [1.807, 2.05) is 3.96 Å². The molecule has 19 heavy (non-hydrogen) atoms. The first-order chi connectivity index (χ1) is 9.24. The Morgan fingerprint density at radius 1 is 1.00 bits per heavy atom. The third-order valence-electron chi connectivity index (χ3n) is 3.38. The zero-order valence-electron chi connectivity index (χ0n) is 12.2. The molecule has 1 aromatic heterocycles. The molecule has 0 bridgehead atoms. The lowest BCUT2D eigenvalue weighted by atomic mass is 10.1. The van der Waals surface area contributed by atoms with E-state index in [0.29, 0.717) is 10.7 Å². The summed E-state index contributed by atoms with van der Waals surface area (Å²) in [6.45, 7) is 3.18. The second-order valence-electron chi connectivity index (χ2n) is 5.15. The van der Waals surface area contributed by atoms with E-state index in [-0.39, 0.29) is 0 Å². The maximum Gasteiger partial charge on any atom is 0.221 e. The highest BCUT2D eigenvalue weighted by Gasteiger charge is 2.00. The molecule has 0 amide bonds. The molecule has 0 aliphatic rings. The van der Waals surface area contributed by atoms with Crippen molar-refractivity contribution < 1.29 is 0 Å². The number of unbranched alkanes of at least 4 members (excludes halogenated alkanes) is 9. The highest BCUT2D eigenvalue weighted by molar-refractivity contribution is 7.03. The van der Waals surface area contributed by atoms with Gasteiger partial charge in [0.15, 0.2) is 0 Å². The molecular formula is C14H28N4S. The van der Waals surface area contributed by atoms with E-state index in [4.69, 9.17) is 11.1 Å². The third-order valence-corrected chi connectivity index (χ3v) is 4.24. The summed E-state index contributed by atoms with van der Waals surface area (Å²) >= 11 is 1.34. The van der Waals surface area contributed by atoms with E-state index in [1.54, 1.807) is 0 Å². The number of hydrogen-bond donors (Lipinski definition) is 2. The molecule has 0 aromatic carbocycles. The van der Waals surface area contributed by atoms with Crippen LogP contribution in [0.2, 0.25) is 0 Å². The van der Waals surface area contributed by atoms with Crippen LogP contribution in [0, 0.1) is 5.41 Å². The van der Waals surface area contributed by atoms with Crippen LogP contribution in [0.5, 0.6) is 0 Å². The summed E-state index contributed by atoms with van der Waals surface area (Å²) in [6, 6.07) is 0. The Kier molecular flexibility index (Phi) is 8.54. The quantitative estimate of drug-likeness (QED) is 0.605. The van der Waals surface area contributed by atoms with E-state index in [0.717, 1.165) is 13.0 Å². The molecule has 0 radical (unpaired) electrons. The van der Waals surface area contributed by atoms with Crippen LogP contribution in [0.1, 0.15) is 71.1 Å². The molecule has 0 spiro atoms. The minimum atomic E-state index is 0.310. The zero-order valence-corrected chi connectivity index (χ0v) is 13.0. The van der Waals surface area contributed by atoms with Crippen molar-refractivity contribution in [1.82, 2.24) is 8.94 Å². The molecule has 0 fully saturated rings. The minimum Gasteiger partial charge on any atom is -0.368 e. The van der Waals surface area contributed by atoms with Crippen molar-refractivity contribution in [3.8, 4) is 0 Å². The number of nitrogens with one attached hydrogen (secondary N) is 1. The number of rotatable bonds is 11. The van der Waals surface area contributed by atoms with Gasteiger partial charge in [-0.25, -0.2) is 0 Å². The zero-order chi connectivity index (χ0) is 13.9. The van der Waals surface area contributed by atoms with E-state index in [2.05, 4.69) is 11.9 Å². The number of nitrogens with two attached hydrogens (primary N) is 1. The van der Waals surface area contributed by atoms with Crippen LogP contribution < -0.4 is 10.5 Å². The van der Waals surface area contributed by atoms with Gasteiger partial charge >= 0.3 is 0 Å². The maximum absolute atomic E-state index is 7.40. The fourth-order valence-corrected chi connectivity index (χ4v) is 2.93. The van der Waals surface area contributed by atoms with Crippen molar-refractivity contribution in [1.29, 1.82) is 5.41 Å². The summed E-state index contributed by atoms with van der Waals surface area (Å²) in [5, 5.41) is 7.40. The molecule has 110 valence electrons. The standard InChI is InChI=1S/C14H28N4S/c1-2-3-4-5-6-7-8-9-10-11-12-18-13(15)17-14(16)19-18/h2-12H2,1H3,(H3,15,16,17). The van der Waals surface area contributed by atoms with Gasteiger partial charge in [-0.05, 0) is 18.0 Å². The molecule has 4 nitrogen and oxygen atoms in total. The topological polar surface area (TPSA) is 67.7 Å². The summed E-state index contributed by atoms with van der Waals surface area (Å²) < 4.78 is 1.92. The van der Waals surface area contributed by atoms with Gasteiger partial charge < -0.3 is 5.73 Å². The largest absolute Gasteiger partial charge is 0.368 e. The third kappa shape index (κ3) is 7.35. The van der Waals surface area contributed by atoms with Gasteiger partial charge in [-0.3, -0.25) is 9.37 Å². The predicted octanol–water partition coefficient (Wildman–Crippen LogP) is 3.93. The smallest absolute Gasteiger partial charge is 0.221 e. The molecule has 0 saturated carbocycles. The number of aromatic nitrogens is 2. The highest BCUT2D eigenvalue weighted by Crippen LogP contribution is 2.11. The Hall–Kier alpha value is -0.840. The Morgan fingerprint density at radius 2 is 1.53 bits per heavy atom. The van der Waals surface area contributed by atoms with Crippen molar-refractivity contribution >= 4 is 17.5 Å². The Labute approximate surface area is 120 Å². The maximum atomic E-state index is 7.40. The van der Waals surface area contributed by atoms with Gasteiger partial charge in [0.2, 0.25) is 10.7 Å². The molecule has 3 N–H and O–H groups in total. The first-order valence-electron chi connectivity index (χ1n) is 7.62. The summed E-state index contributed by atoms with van der Waals surface area (Å²) in [5.74, 6) is 0.492. The lowest BCUT2D eigenvalue weighted by molar-refractivity contribution is 0.543. The van der Waals surface area contributed by atoms with Gasteiger partial charge in [-0.1, -0.05) is 64.7 Å². The Morgan fingerprint density at radius 3 is 2.00 bits per heavy atom. The van der Waals surface area contributed by atoms with Gasteiger partial charge in [0, 0.05) is 6.54 Å². The Bertz CT molecular complexity index is 383. The molecule has 0 unspecified atom stereocenters. The van der Waals surface area contributed by atoms with E-state index < -0.39 is 0 Å². The monoisotopic (exact) mass is 284 g/mol. The average Bonchev–Trinajstić information content (AvgIpc) is 2.70. The van der Waals surface area contributed by atoms with Crippen LogP contribution >= 0.6 is 11.5 Å². The van der Waals surface area contributed by atoms with Gasteiger partial charge in [-0.15, -0.1) is 0 Å². The molecule has 1 heterocycles. The van der Waals surface area contributed by atoms with Crippen molar-refractivity contribution in [2.45, 2.75) is 77.7 Å². The van der Waals surface area contributed by atoms with Gasteiger partial charge in [-0.2, -0.15) is 4.98 Å². The van der Waals surface area contributed by atoms with Crippen molar-refractivity contribution in [3.63, 3.8) is 0 Å². The first kappa shape index (κ1) is 16.2. The summed E-state index contributed by atoms with van der Waals surface area (Å²) in [5.41, 5.74) is 5.70. The highest BCUT2D eigenvalue weighted by atomic mass is 32.1. The van der Waals surface area contributed by atoms with Gasteiger partial charge in [0.1, 0.15) is 0 Å². The van der Waals surface area contributed by atoms with Gasteiger partial charge in [0.05, 0.1) is 0 Å². The number of nitrogen functional groups attached to an aromatic ring is 1. The SMILES string of the molecule is CCCCCCCCCCCCn1sc(=N)nc1N. The summed E-state index contributed by atoms with van der Waals surface area (Å²) in [6.07, 6.45) is 13.4. The summed E-state index contributed by atoms with van der Waals surface area (Å²) in [7, 11) is 0. The molecule has 0 atom stereocenters. The second-order valence-corrected chi connectivity index (χ2v) is 6.16. The van der Waals surface area contributed by atoms with Crippen LogP contribution in [-0.4, -0.2) is 8.94 Å². The van der Waals surface area contributed by atoms with Crippen LogP contribution in [0.25, 0.3) is 0 Å². The normalized spacial score (nSPS) is 11.0. The molecule has 0 saturated heterocycles. The number of aryl methyl sites for hydroxylation is 1. The number of hydrogen-bond acceptors (Lipinski definition) is 4. The number of anilines is 1. The molecule has 1 rings (SSSR count). The van der Waals surface area contributed by atoms with E-state index >= 15 is 0 Å².